The van der Waals surface area contributed by atoms with Gasteiger partial charge in [0.25, 0.3) is 0 Å². The number of nitrogens with zero attached hydrogens (tertiary/aromatic N) is 2. The predicted molar refractivity (Wildman–Crippen MR) is 192 cm³/mol. The van der Waals surface area contributed by atoms with Gasteiger partial charge in [0.15, 0.2) is 5.58 Å². The van der Waals surface area contributed by atoms with Gasteiger partial charge in [0.1, 0.15) is 11.1 Å². The highest BCUT2D eigenvalue weighted by Gasteiger charge is 2.15. The first-order valence-corrected chi connectivity index (χ1v) is 15.5. The Hall–Kier alpha value is -6.19. The molecule has 0 aliphatic heterocycles. The molecule has 0 radical (unpaired) electrons. The van der Waals surface area contributed by atoms with Crippen LogP contribution in [0.1, 0.15) is 0 Å². The maximum Gasteiger partial charge on any atom is 0.154 e. The Balaban J connectivity index is 1.09. The molecule has 0 saturated carbocycles. The molecule has 2 heterocycles. The Morgan fingerprint density at radius 2 is 1.00 bits per heavy atom. The van der Waals surface area contributed by atoms with Gasteiger partial charge in [0, 0.05) is 34.2 Å². The normalized spacial score (nSPS) is 11.5. The second-order valence-electron chi connectivity index (χ2n) is 11.6. The maximum absolute atomic E-state index is 6.11. The number of rotatable bonds is 5. The van der Waals surface area contributed by atoms with Crippen molar-refractivity contribution in [3.63, 3.8) is 0 Å². The van der Waals surface area contributed by atoms with E-state index in [1.54, 1.807) is 0 Å². The first-order valence-electron chi connectivity index (χ1n) is 15.5. The van der Waals surface area contributed by atoms with Crippen molar-refractivity contribution >= 4 is 60.7 Å². The van der Waals surface area contributed by atoms with E-state index in [9.17, 15) is 0 Å². The lowest BCUT2D eigenvalue weighted by Crippen LogP contribution is -2.09. The monoisotopic (exact) mass is 588 g/mol. The lowest BCUT2D eigenvalue weighted by atomic mass is 9.93. The molecular formula is C43H28N2O. The van der Waals surface area contributed by atoms with Crippen molar-refractivity contribution in [3.8, 4) is 22.3 Å². The second kappa shape index (κ2) is 10.8. The molecule has 0 atom stereocenters. The third-order valence-electron chi connectivity index (χ3n) is 8.89. The van der Waals surface area contributed by atoms with Gasteiger partial charge in [0.2, 0.25) is 0 Å². The summed E-state index contributed by atoms with van der Waals surface area (Å²) in [7, 11) is 0. The topological polar surface area (TPSA) is 29.3 Å². The summed E-state index contributed by atoms with van der Waals surface area (Å²) in [6.07, 6.45) is 1.93. The summed E-state index contributed by atoms with van der Waals surface area (Å²) in [4.78, 5) is 7.06. The molecule has 0 spiro atoms. The molecule has 0 saturated heterocycles. The van der Waals surface area contributed by atoms with Crippen LogP contribution in [-0.2, 0) is 0 Å². The molecule has 216 valence electrons. The number of fused-ring (bicyclic) bond motifs is 6. The highest BCUT2D eigenvalue weighted by molar-refractivity contribution is 6.13. The molecular weight excluding hydrogens is 560 g/mol. The zero-order chi connectivity index (χ0) is 30.5. The first kappa shape index (κ1) is 26.2. The molecule has 2 aromatic heterocycles. The molecule has 0 aliphatic carbocycles. The quantitative estimate of drug-likeness (QED) is 0.187. The Morgan fingerprint density at radius 3 is 1.76 bits per heavy atom. The Morgan fingerprint density at radius 1 is 0.413 bits per heavy atom. The van der Waals surface area contributed by atoms with Gasteiger partial charge in [-0.2, -0.15) is 0 Å². The zero-order valence-electron chi connectivity index (χ0n) is 25.0. The third kappa shape index (κ3) is 4.41. The van der Waals surface area contributed by atoms with E-state index in [0.717, 1.165) is 50.3 Å². The molecule has 3 heteroatoms. The molecule has 0 bridgehead atoms. The number of pyridine rings is 1. The number of aromatic nitrogens is 1. The smallest absolute Gasteiger partial charge is 0.154 e. The molecule has 0 amide bonds. The molecule has 0 unspecified atom stereocenters. The van der Waals surface area contributed by atoms with Gasteiger partial charge in [-0.05, 0) is 98.9 Å². The number of hydrogen-bond donors (Lipinski definition) is 0. The standard InChI is InChI=1S/C43H28N2O/c1-2-11-33(12-3-1)45(34-22-18-29(19-23-34)32-27-42-43(44-28-32)39-16-8-9-17-41(39)46-42)35-24-20-30(21-25-35)40-26-31-10-4-5-13-36(31)37-14-6-7-15-38(37)40/h1-28H. The minimum Gasteiger partial charge on any atom is -0.454 e. The SMILES string of the molecule is c1ccc(N(c2ccc(-c3cnc4c(c3)oc3ccccc34)cc2)c2ccc(-c3cc4ccccc4c4ccccc34)cc2)cc1. The van der Waals surface area contributed by atoms with Crippen LogP contribution in [0.2, 0.25) is 0 Å². The van der Waals surface area contributed by atoms with Gasteiger partial charge >= 0.3 is 0 Å². The molecule has 7 aromatic carbocycles. The van der Waals surface area contributed by atoms with Crippen LogP contribution in [0.5, 0.6) is 0 Å². The Bertz CT molecular complexity index is 2510. The number of furan rings is 1. The molecule has 46 heavy (non-hydrogen) atoms. The van der Waals surface area contributed by atoms with Crippen LogP contribution in [-0.4, -0.2) is 4.98 Å². The van der Waals surface area contributed by atoms with E-state index >= 15 is 0 Å². The minimum absolute atomic E-state index is 0.799. The fourth-order valence-corrected chi connectivity index (χ4v) is 6.66. The zero-order valence-corrected chi connectivity index (χ0v) is 25.0. The van der Waals surface area contributed by atoms with Gasteiger partial charge in [0.05, 0.1) is 0 Å². The summed E-state index contributed by atoms with van der Waals surface area (Å²) in [5.74, 6) is 0. The van der Waals surface area contributed by atoms with Crippen LogP contribution in [0.3, 0.4) is 0 Å². The molecule has 9 aromatic rings. The summed E-state index contributed by atoms with van der Waals surface area (Å²) in [6.45, 7) is 0. The summed E-state index contributed by atoms with van der Waals surface area (Å²) < 4.78 is 6.11. The van der Waals surface area contributed by atoms with Crippen molar-refractivity contribution in [3.05, 3.63) is 170 Å². The highest BCUT2D eigenvalue weighted by atomic mass is 16.3. The average Bonchev–Trinajstić information content (AvgIpc) is 3.50. The van der Waals surface area contributed by atoms with E-state index in [-0.39, 0.29) is 0 Å². The van der Waals surface area contributed by atoms with Crippen molar-refractivity contribution in [2.45, 2.75) is 0 Å². The van der Waals surface area contributed by atoms with E-state index in [0.29, 0.717) is 0 Å². The van der Waals surface area contributed by atoms with E-state index in [2.05, 4.69) is 150 Å². The second-order valence-corrected chi connectivity index (χ2v) is 11.6. The molecule has 0 aliphatic rings. The minimum atomic E-state index is 0.799. The summed E-state index contributed by atoms with van der Waals surface area (Å²) >= 11 is 0. The van der Waals surface area contributed by atoms with Gasteiger partial charge < -0.3 is 9.32 Å². The lowest BCUT2D eigenvalue weighted by molar-refractivity contribution is 0.668. The van der Waals surface area contributed by atoms with Crippen molar-refractivity contribution in [2.75, 3.05) is 4.90 Å². The van der Waals surface area contributed by atoms with E-state index < -0.39 is 0 Å². The van der Waals surface area contributed by atoms with Gasteiger partial charge in [-0.25, -0.2) is 0 Å². The van der Waals surface area contributed by atoms with Gasteiger partial charge in [-0.1, -0.05) is 103 Å². The van der Waals surface area contributed by atoms with Crippen LogP contribution in [0.4, 0.5) is 17.1 Å². The maximum atomic E-state index is 6.11. The molecule has 9 rings (SSSR count). The van der Waals surface area contributed by atoms with Crippen LogP contribution in [0.15, 0.2) is 174 Å². The van der Waals surface area contributed by atoms with Crippen LogP contribution in [0, 0.1) is 0 Å². The Kier molecular flexibility index (Phi) is 6.14. The third-order valence-corrected chi connectivity index (χ3v) is 8.89. The number of para-hydroxylation sites is 2. The summed E-state index contributed by atoms with van der Waals surface area (Å²) in [6, 6.07) is 57.9. The van der Waals surface area contributed by atoms with E-state index in [1.165, 1.54) is 32.7 Å². The first-order chi connectivity index (χ1) is 22.8. The Labute approximate surface area is 266 Å². The van der Waals surface area contributed by atoms with Gasteiger partial charge in [-0.15, -0.1) is 0 Å². The van der Waals surface area contributed by atoms with Crippen molar-refractivity contribution in [1.82, 2.24) is 4.98 Å². The number of benzene rings is 7. The fraction of sp³-hybridized carbons (Fsp3) is 0. The molecule has 3 nitrogen and oxygen atoms in total. The number of hydrogen-bond acceptors (Lipinski definition) is 3. The highest BCUT2D eigenvalue weighted by Crippen LogP contribution is 2.39. The largest absolute Gasteiger partial charge is 0.454 e. The van der Waals surface area contributed by atoms with Crippen LogP contribution < -0.4 is 4.90 Å². The lowest BCUT2D eigenvalue weighted by Gasteiger charge is -2.26. The molecule has 0 N–H and O–H groups in total. The van der Waals surface area contributed by atoms with Crippen molar-refractivity contribution in [2.24, 2.45) is 0 Å². The van der Waals surface area contributed by atoms with Crippen molar-refractivity contribution < 1.29 is 4.42 Å². The van der Waals surface area contributed by atoms with E-state index in [4.69, 9.17) is 9.40 Å². The van der Waals surface area contributed by atoms with E-state index in [1.807, 2.05) is 24.4 Å². The van der Waals surface area contributed by atoms with Crippen molar-refractivity contribution in [1.29, 1.82) is 0 Å². The van der Waals surface area contributed by atoms with Gasteiger partial charge in [-0.3, -0.25) is 4.98 Å². The summed E-state index contributed by atoms with van der Waals surface area (Å²) in [5, 5.41) is 6.12. The van der Waals surface area contributed by atoms with Crippen LogP contribution in [0.25, 0.3) is 65.9 Å². The molecule has 0 fully saturated rings. The predicted octanol–water partition coefficient (Wildman–Crippen LogP) is 12.1. The summed E-state index contributed by atoms with van der Waals surface area (Å²) in [5.41, 5.74) is 10.4. The number of anilines is 3. The van der Waals surface area contributed by atoms with Crippen LogP contribution >= 0.6 is 0 Å². The fourth-order valence-electron chi connectivity index (χ4n) is 6.66. The average molecular weight is 589 g/mol.